The predicted octanol–water partition coefficient (Wildman–Crippen LogP) is 1.23. The van der Waals surface area contributed by atoms with E-state index in [0.717, 1.165) is 15.8 Å². The molecule has 0 atom stereocenters. The standard InChI is InChI=1S/C6H5N3S2.Na/c1-5(11-4-10-1)6-8-2-7-3-9-6;/h1-3H,4H2;. The fourth-order valence-electron chi connectivity index (χ4n) is 0.725. The fraction of sp³-hybridized carbons (Fsp3) is 0.167. The van der Waals surface area contributed by atoms with Crippen molar-refractivity contribution in [1.82, 2.24) is 15.0 Å². The second-order valence-electron chi connectivity index (χ2n) is 1.87. The van der Waals surface area contributed by atoms with Crippen molar-refractivity contribution in [3.8, 4) is 0 Å². The predicted molar refractivity (Wildman–Crippen MR) is 53.6 cm³/mol. The van der Waals surface area contributed by atoms with Crippen molar-refractivity contribution in [3.63, 3.8) is 0 Å². The molecule has 1 aliphatic rings. The Labute approximate surface area is 101 Å². The van der Waals surface area contributed by atoms with Crippen LogP contribution >= 0.6 is 23.5 Å². The van der Waals surface area contributed by atoms with Crippen molar-refractivity contribution in [2.24, 2.45) is 0 Å². The summed E-state index contributed by atoms with van der Waals surface area (Å²) in [5.74, 6) is 0.787. The van der Waals surface area contributed by atoms with Gasteiger partial charge in [-0.2, -0.15) is 0 Å². The Morgan fingerprint density at radius 1 is 1.25 bits per heavy atom. The van der Waals surface area contributed by atoms with Crippen LogP contribution in [0.4, 0.5) is 0 Å². The minimum atomic E-state index is 0. The Hall–Kier alpha value is 0.450. The maximum Gasteiger partial charge on any atom is 0.169 e. The maximum atomic E-state index is 4.04. The Kier molecular flexibility index (Phi) is 4.60. The van der Waals surface area contributed by atoms with Gasteiger partial charge in [-0.1, -0.05) is 0 Å². The largest absolute Gasteiger partial charge is 0.225 e. The number of rotatable bonds is 1. The first-order chi connectivity index (χ1) is 5.47. The summed E-state index contributed by atoms with van der Waals surface area (Å²) in [5, 5.41) is 3.15. The van der Waals surface area contributed by atoms with Crippen LogP contribution in [-0.2, 0) is 0 Å². The number of thioether (sulfide) groups is 2. The molecule has 0 aromatic carbocycles. The van der Waals surface area contributed by atoms with Gasteiger partial charge in [-0.25, -0.2) is 15.0 Å². The van der Waals surface area contributed by atoms with Crippen LogP contribution in [0.15, 0.2) is 18.1 Å². The molecule has 0 fully saturated rings. The molecule has 0 amide bonds. The van der Waals surface area contributed by atoms with Crippen LogP contribution in [0, 0.1) is 0 Å². The molecular weight excluding hydrogens is 201 g/mol. The quantitative estimate of drug-likeness (QED) is 0.646. The van der Waals surface area contributed by atoms with Gasteiger partial charge >= 0.3 is 0 Å². The molecular formula is C6H5N3NaS2. The van der Waals surface area contributed by atoms with Crippen molar-refractivity contribution in [3.05, 3.63) is 23.9 Å². The Balaban J connectivity index is 0.000000720. The summed E-state index contributed by atoms with van der Waals surface area (Å²) in [6.45, 7) is 0. The molecule has 2 heterocycles. The van der Waals surface area contributed by atoms with Crippen LogP contribution in [0.3, 0.4) is 0 Å². The van der Waals surface area contributed by atoms with E-state index in [1.54, 1.807) is 23.5 Å². The van der Waals surface area contributed by atoms with E-state index >= 15 is 0 Å². The summed E-state index contributed by atoms with van der Waals surface area (Å²) >= 11 is 3.54. The SMILES string of the molecule is C1=C(c2ncncn2)SCS1.[Na]. The zero-order chi connectivity index (χ0) is 7.52. The van der Waals surface area contributed by atoms with Gasteiger partial charge in [0, 0.05) is 34.6 Å². The molecule has 0 N–H and O–H groups in total. The van der Waals surface area contributed by atoms with Gasteiger partial charge in [-0.3, -0.25) is 0 Å². The summed E-state index contributed by atoms with van der Waals surface area (Å²) < 4.78 is 0. The molecule has 1 aromatic heterocycles. The van der Waals surface area contributed by atoms with Crippen molar-refractivity contribution in [2.45, 2.75) is 0 Å². The third-order valence-corrected chi connectivity index (χ3v) is 3.37. The minimum Gasteiger partial charge on any atom is -0.225 e. The average molecular weight is 206 g/mol. The summed E-state index contributed by atoms with van der Waals surface area (Å²) in [7, 11) is 0. The summed E-state index contributed by atoms with van der Waals surface area (Å²) in [5.41, 5.74) is 0. The molecule has 1 radical (unpaired) electrons. The molecule has 0 spiro atoms. The van der Waals surface area contributed by atoms with E-state index in [2.05, 4.69) is 20.4 Å². The monoisotopic (exact) mass is 206 g/mol. The first-order valence-corrected chi connectivity index (χ1v) is 5.07. The molecule has 0 aliphatic carbocycles. The fourth-order valence-corrected chi connectivity index (χ4v) is 2.74. The maximum absolute atomic E-state index is 4.04. The van der Waals surface area contributed by atoms with Crippen molar-refractivity contribution in [2.75, 3.05) is 5.08 Å². The molecule has 1 aromatic rings. The first-order valence-electron chi connectivity index (χ1n) is 3.04. The minimum absolute atomic E-state index is 0. The molecule has 57 valence electrons. The van der Waals surface area contributed by atoms with Crippen LogP contribution in [0.1, 0.15) is 5.82 Å². The molecule has 0 unspecified atom stereocenters. The third-order valence-electron chi connectivity index (χ3n) is 1.19. The van der Waals surface area contributed by atoms with Gasteiger partial charge in [-0.05, 0) is 5.41 Å². The van der Waals surface area contributed by atoms with Crippen LogP contribution < -0.4 is 0 Å². The van der Waals surface area contributed by atoms with Crippen LogP contribution in [0.5, 0.6) is 0 Å². The summed E-state index contributed by atoms with van der Waals surface area (Å²) in [6.07, 6.45) is 3.04. The second kappa shape index (κ2) is 5.24. The van der Waals surface area contributed by atoms with Crippen LogP contribution in [0.25, 0.3) is 4.91 Å². The molecule has 1 aliphatic heterocycles. The number of nitrogens with zero attached hydrogens (tertiary/aromatic N) is 3. The van der Waals surface area contributed by atoms with E-state index in [1.165, 1.54) is 12.7 Å². The zero-order valence-corrected chi connectivity index (χ0v) is 10.2. The zero-order valence-electron chi connectivity index (χ0n) is 6.60. The van der Waals surface area contributed by atoms with E-state index in [0.29, 0.717) is 0 Å². The third kappa shape index (κ3) is 2.47. The number of aromatic nitrogens is 3. The average Bonchev–Trinajstić information content (AvgIpc) is 2.58. The normalized spacial score (nSPS) is 15.2. The molecule has 0 saturated carbocycles. The van der Waals surface area contributed by atoms with Crippen molar-refractivity contribution >= 4 is 58.0 Å². The van der Waals surface area contributed by atoms with E-state index in [1.807, 2.05) is 0 Å². The Bertz CT molecular complexity index is 277. The Morgan fingerprint density at radius 2 is 2.00 bits per heavy atom. The molecule has 3 nitrogen and oxygen atoms in total. The second-order valence-corrected chi connectivity index (χ2v) is 4.11. The van der Waals surface area contributed by atoms with Gasteiger partial charge in [0.1, 0.15) is 12.7 Å². The first kappa shape index (κ1) is 10.5. The van der Waals surface area contributed by atoms with Gasteiger partial charge in [-0.15, -0.1) is 23.5 Å². The molecule has 0 saturated heterocycles. The van der Waals surface area contributed by atoms with Crippen LogP contribution in [-0.4, -0.2) is 49.6 Å². The van der Waals surface area contributed by atoms with E-state index < -0.39 is 0 Å². The Morgan fingerprint density at radius 3 is 2.58 bits per heavy atom. The van der Waals surface area contributed by atoms with E-state index in [-0.39, 0.29) is 29.6 Å². The van der Waals surface area contributed by atoms with Gasteiger partial charge in [0.25, 0.3) is 0 Å². The number of hydrogen-bond donors (Lipinski definition) is 0. The van der Waals surface area contributed by atoms with Crippen molar-refractivity contribution in [1.29, 1.82) is 0 Å². The van der Waals surface area contributed by atoms with Gasteiger partial charge in [0.15, 0.2) is 5.82 Å². The van der Waals surface area contributed by atoms with E-state index in [9.17, 15) is 0 Å². The molecule has 6 heteroatoms. The summed E-state index contributed by atoms with van der Waals surface area (Å²) in [6, 6.07) is 0. The smallest absolute Gasteiger partial charge is 0.169 e. The molecule has 12 heavy (non-hydrogen) atoms. The topological polar surface area (TPSA) is 38.7 Å². The van der Waals surface area contributed by atoms with Gasteiger partial charge in [0.2, 0.25) is 0 Å². The van der Waals surface area contributed by atoms with Crippen molar-refractivity contribution < 1.29 is 0 Å². The van der Waals surface area contributed by atoms with E-state index in [4.69, 9.17) is 0 Å². The van der Waals surface area contributed by atoms with Crippen LogP contribution in [0.2, 0.25) is 0 Å². The molecule has 2 rings (SSSR count). The summed E-state index contributed by atoms with van der Waals surface area (Å²) in [4.78, 5) is 13.0. The van der Waals surface area contributed by atoms with Gasteiger partial charge < -0.3 is 0 Å². The molecule has 0 bridgehead atoms. The number of hydrogen-bond acceptors (Lipinski definition) is 5. The van der Waals surface area contributed by atoms with Gasteiger partial charge in [0.05, 0.1) is 4.91 Å².